The van der Waals surface area contributed by atoms with Crippen LogP contribution in [-0.2, 0) is 21.4 Å². The molecule has 0 spiro atoms. The predicted molar refractivity (Wildman–Crippen MR) is 117 cm³/mol. The summed E-state index contributed by atoms with van der Waals surface area (Å²) in [7, 11) is -1.69. The highest BCUT2D eigenvalue weighted by Crippen LogP contribution is 2.23. The Labute approximate surface area is 174 Å². The summed E-state index contributed by atoms with van der Waals surface area (Å²) in [5.74, 6) is -0.180. The van der Waals surface area contributed by atoms with Crippen LogP contribution in [0.4, 0.5) is 5.69 Å². The van der Waals surface area contributed by atoms with Gasteiger partial charge in [0.2, 0.25) is 15.9 Å². The number of amides is 1. The van der Waals surface area contributed by atoms with E-state index in [1.165, 1.54) is 9.87 Å². The van der Waals surface area contributed by atoms with Crippen LogP contribution in [-0.4, -0.2) is 50.2 Å². The van der Waals surface area contributed by atoms with Gasteiger partial charge in [-0.25, -0.2) is 8.42 Å². The quantitative estimate of drug-likeness (QED) is 0.679. The fourth-order valence-corrected chi connectivity index (χ4v) is 4.59. The number of hydrogen-bond acceptors (Lipinski definition) is 4. The molecule has 0 aliphatic heterocycles. The van der Waals surface area contributed by atoms with Crippen LogP contribution in [0.3, 0.4) is 0 Å². The number of aryl methyl sites for hydroxylation is 2. The van der Waals surface area contributed by atoms with E-state index in [2.05, 4.69) is 29.6 Å². The summed E-state index contributed by atoms with van der Waals surface area (Å²) in [6.07, 6.45) is 0. The van der Waals surface area contributed by atoms with Crippen molar-refractivity contribution in [2.75, 3.05) is 32.0 Å². The highest BCUT2D eigenvalue weighted by Gasteiger charge is 2.22. The van der Waals surface area contributed by atoms with Crippen LogP contribution in [0.15, 0.2) is 47.4 Å². The van der Waals surface area contributed by atoms with Gasteiger partial charge in [-0.2, -0.15) is 4.31 Å². The van der Waals surface area contributed by atoms with Gasteiger partial charge in [0.15, 0.2) is 0 Å². The van der Waals surface area contributed by atoms with Crippen LogP contribution in [0.2, 0.25) is 0 Å². The number of benzene rings is 2. The minimum Gasteiger partial charge on any atom is -0.325 e. The molecule has 0 aliphatic rings. The first-order valence-corrected chi connectivity index (χ1v) is 11.3. The molecule has 0 unspecified atom stereocenters. The van der Waals surface area contributed by atoms with Crippen LogP contribution in [0.1, 0.15) is 30.5 Å². The molecule has 2 aromatic rings. The molecule has 29 heavy (non-hydrogen) atoms. The zero-order valence-electron chi connectivity index (χ0n) is 17.9. The smallest absolute Gasteiger partial charge is 0.243 e. The molecule has 1 amide bonds. The van der Waals surface area contributed by atoms with Crippen LogP contribution >= 0.6 is 0 Å². The largest absolute Gasteiger partial charge is 0.325 e. The number of carbonyl (C=O) groups excluding carboxylic acids is 1. The molecule has 0 saturated heterocycles. The van der Waals surface area contributed by atoms with E-state index >= 15 is 0 Å². The molecule has 2 rings (SSSR count). The normalized spacial score (nSPS) is 11.8. The fraction of sp³-hybridized carbons (Fsp3) is 0.409. The number of carbonyl (C=O) groups is 1. The molecular weight excluding hydrogens is 386 g/mol. The lowest BCUT2D eigenvalue weighted by molar-refractivity contribution is -0.117. The lowest BCUT2D eigenvalue weighted by Crippen LogP contribution is -2.31. The average Bonchev–Trinajstić information content (AvgIpc) is 2.66. The highest BCUT2D eigenvalue weighted by molar-refractivity contribution is 7.89. The molecule has 0 atom stereocenters. The minimum absolute atomic E-state index is 0.180. The molecule has 1 N–H and O–H groups in total. The van der Waals surface area contributed by atoms with Crippen molar-refractivity contribution >= 4 is 21.6 Å². The van der Waals surface area contributed by atoms with Crippen molar-refractivity contribution in [2.24, 2.45) is 0 Å². The molecule has 0 aromatic heterocycles. The number of rotatable bonds is 9. The van der Waals surface area contributed by atoms with Crippen molar-refractivity contribution in [2.45, 2.75) is 39.1 Å². The summed E-state index contributed by atoms with van der Waals surface area (Å²) in [4.78, 5) is 14.6. The van der Waals surface area contributed by atoms with Gasteiger partial charge in [0.05, 0.1) is 11.4 Å². The molecule has 158 valence electrons. The first-order valence-electron chi connectivity index (χ1n) is 9.82. The van der Waals surface area contributed by atoms with Crippen molar-refractivity contribution in [1.29, 1.82) is 0 Å². The van der Waals surface area contributed by atoms with E-state index in [-0.39, 0.29) is 17.3 Å². The zero-order chi connectivity index (χ0) is 21.6. The third-order valence-electron chi connectivity index (χ3n) is 4.81. The third-order valence-corrected chi connectivity index (χ3v) is 6.86. The second kappa shape index (κ2) is 10.0. The van der Waals surface area contributed by atoms with E-state index in [4.69, 9.17) is 0 Å². The number of nitrogens with zero attached hydrogens (tertiary/aromatic N) is 2. The molecule has 0 saturated carbocycles. The molecule has 0 heterocycles. The van der Waals surface area contributed by atoms with Crippen molar-refractivity contribution in [3.8, 4) is 0 Å². The fourth-order valence-electron chi connectivity index (χ4n) is 3.10. The summed E-state index contributed by atoms with van der Waals surface area (Å²) >= 11 is 0. The maximum absolute atomic E-state index is 12.8. The van der Waals surface area contributed by atoms with Gasteiger partial charge in [-0.05, 0) is 44.2 Å². The standard InChI is InChI=1S/C22H31N3O3S/c1-6-25(7-2)29(27,28)20-13-10-18(4)21(14-20)23-22(26)16-24(5)15-19-11-8-17(3)9-12-19/h8-14H,6-7,15-16H2,1-5H3,(H,23,26). The van der Waals surface area contributed by atoms with Crippen molar-refractivity contribution in [3.05, 3.63) is 59.2 Å². The first-order chi connectivity index (χ1) is 13.7. The topological polar surface area (TPSA) is 69.7 Å². The van der Waals surface area contributed by atoms with Gasteiger partial charge in [0.25, 0.3) is 0 Å². The van der Waals surface area contributed by atoms with Gasteiger partial charge in [-0.1, -0.05) is 49.7 Å². The Balaban J connectivity index is 2.08. The Hall–Kier alpha value is -2.22. The first kappa shape index (κ1) is 23.1. The third kappa shape index (κ3) is 6.13. The molecule has 6 nitrogen and oxygen atoms in total. The van der Waals surface area contributed by atoms with Gasteiger partial charge in [-0.15, -0.1) is 0 Å². The molecular formula is C22H31N3O3S. The van der Waals surface area contributed by atoms with Crippen molar-refractivity contribution in [3.63, 3.8) is 0 Å². The summed E-state index contributed by atoms with van der Waals surface area (Å²) in [6, 6.07) is 13.1. The van der Waals surface area contributed by atoms with Crippen LogP contribution < -0.4 is 5.32 Å². The number of sulfonamides is 1. The molecule has 2 aromatic carbocycles. The van der Waals surface area contributed by atoms with Gasteiger partial charge in [0.1, 0.15) is 0 Å². The summed E-state index contributed by atoms with van der Waals surface area (Å²) < 4.78 is 26.9. The molecule has 7 heteroatoms. The Morgan fingerprint density at radius 1 is 1.00 bits per heavy atom. The number of anilines is 1. The van der Waals surface area contributed by atoms with Crippen LogP contribution in [0.25, 0.3) is 0 Å². The van der Waals surface area contributed by atoms with E-state index < -0.39 is 10.0 Å². The zero-order valence-corrected chi connectivity index (χ0v) is 18.7. The lowest BCUT2D eigenvalue weighted by atomic mass is 10.1. The Morgan fingerprint density at radius 3 is 2.21 bits per heavy atom. The summed E-state index contributed by atoms with van der Waals surface area (Å²) in [5, 5.41) is 2.86. The number of hydrogen-bond donors (Lipinski definition) is 1. The second-order valence-corrected chi connectivity index (χ2v) is 9.21. The molecule has 0 aliphatic carbocycles. The average molecular weight is 418 g/mol. The van der Waals surface area contributed by atoms with Crippen LogP contribution in [0, 0.1) is 13.8 Å². The van der Waals surface area contributed by atoms with Gasteiger partial charge < -0.3 is 5.32 Å². The second-order valence-electron chi connectivity index (χ2n) is 7.27. The van der Waals surface area contributed by atoms with Crippen LogP contribution in [0.5, 0.6) is 0 Å². The molecule has 0 radical (unpaired) electrons. The van der Waals surface area contributed by atoms with Gasteiger partial charge in [0, 0.05) is 25.3 Å². The predicted octanol–water partition coefficient (Wildman–Crippen LogP) is 3.40. The van der Waals surface area contributed by atoms with E-state index in [0.29, 0.717) is 25.3 Å². The Kier molecular flexibility index (Phi) is 7.96. The van der Waals surface area contributed by atoms with E-state index in [1.807, 2.05) is 39.6 Å². The summed E-state index contributed by atoms with van der Waals surface area (Å²) in [6.45, 7) is 9.17. The van der Waals surface area contributed by atoms with Crippen molar-refractivity contribution in [1.82, 2.24) is 9.21 Å². The van der Waals surface area contributed by atoms with E-state index in [1.54, 1.807) is 18.2 Å². The summed E-state index contributed by atoms with van der Waals surface area (Å²) in [5.41, 5.74) is 3.67. The highest BCUT2D eigenvalue weighted by atomic mass is 32.2. The SMILES string of the molecule is CCN(CC)S(=O)(=O)c1ccc(C)c(NC(=O)CN(C)Cc2ccc(C)cc2)c1. The number of likely N-dealkylation sites (N-methyl/N-ethyl adjacent to an activating group) is 1. The minimum atomic E-state index is -3.57. The van der Waals surface area contributed by atoms with Gasteiger partial charge >= 0.3 is 0 Å². The van der Waals surface area contributed by atoms with Gasteiger partial charge in [-0.3, -0.25) is 9.69 Å². The molecule has 0 bridgehead atoms. The maximum atomic E-state index is 12.8. The van der Waals surface area contributed by atoms with E-state index in [9.17, 15) is 13.2 Å². The monoisotopic (exact) mass is 417 g/mol. The number of nitrogens with one attached hydrogen (secondary N) is 1. The maximum Gasteiger partial charge on any atom is 0.243 e. The Morgan fingerprint density at radius 2 is 1.62 bits per heavy atom. The Bertz CT molecular complexity index is 936. The molecule has 0 fully saturated rings. The van der Waals surface area contributed by atoms with E-state index in [0.717, 1.165) is 11.1 Å². The van der Waals surface area contributed by atoms with Crippen molar-refractivity contribution < 1.29 is 13.2 Å². The lowest BCUT2D eigenvalue weighted by Gasteiger charge is -2.20.